The molecule has 7 heteroatoms. The van der Waals surface area contributed by atoms with Crippen molar-refractivity contribution in [2.45, 2.75) is 5.75 Å². The lowest BCUT2D eigenvalue weighted by molar-refractivity contribution is -0.113. The Morgan fingerprint density at radius 3 is 2.72 bits per heavy atom. The van der Waals surface area contributed by atoms with Crippen molar-refractivity contribution in [2.75, 3.05) is 11.1 Å². The molecule has 0 aliphatic heterocycles. The highest BCUT2D eigenvalue weighted by Crippen LogP contribution is 2.26. The van der Waals surface area contributed by atoms with Gasteiger partial charge in [0, 0.05) is 20.3 Å². The second-order valence-electron chi connectivity index (χ2n) is 5.18. The van der Waals surface area contributed by atoms with Crippen molar-refractivity contribution < 1.29 is 9.21 Å². The number of nitrogens with zero attached hydrogens (tertiary/aromatic N) is 1. The lowest BCUT2D eigenvalue weighted by Crippen LogP contribution is -2.14. The van der Waals surface area contributed by atoms with Gasteiger partial charge in [0.1, 0.15) is 6.26 Å². The Kier molecular flexibility index (Phi) is 6.34. The summed E-state index contributed by atoms with van der Waals surface area (Å²) in [5.74, 6) is 1.50. The number of rotatable bonds is 6. The van der Waals surface area contributed by atoms with Crippen LogP contribution in [0.2, 0.25) is 0 Å². The van der Waals surface area contributed by atoms with Crippen molar-refractivity contribution in [3.63, 3.8) is 0 Å². The number of anilines is 1. The van der Waals surface area contributed by atoms with Crippen LogP contribution in [-0.4, -0.2) is 16.6 Å². The normalized spacial score (nSPS) is 10.6. The molecule has 1 aromatic heterocycles. The van der Waals surface area contributed by atoms with Crippen LogP contribution < -0.4 is 5.32 Å². The average molecular weight is 482 g/mol. The van der Waals surface area contributed by atoms with Gasteiger partial charge in [-0.25, -0.2) is 4.98 Å². The summed E-state index contributed by atoms with van der Waals surface area (Å²) in [7, 11) is 0. The van der Waals surface area contributed by atoms with Crippen LogP contribution in [0.3, 0.4) is 0 Å². The third kappa shape index (κ3) is 5.20. The first-order valence-electron chi connectivity index (χ1n) is 7.44. The Bertz CT molecular complexity index is 869. The Hall–Kier alpha value is -1.57. The molecule has 0 fully saturated rings. The van der Waals surface area contributed by atoms with Gasteiger partial charge in [-0.2, -0.15) is 0 Å². The molecule has 3 aromatic rings. The van der Waals surface area contributed by atoms with E-state index < -0.39 is 0 Å². The van der Waals surface area contributed by atoms with Crippen molar-refractivity contribution >= 4 is 55.2 Å². The van der Waals surface area contributed by atoms with Crippen molar-refractivity contribution in [1.82, 2.24) is 4.98 Å². The van der Waals surface area contributed by atoms with Crippen LogP contribution in [0.15, 0.2) is 68.2 Å². The van der Waals surface area contributed by atoms with E-state index in [-0.39, 0.29) is 5.91 Å². The molecule has 2 aromatic carbocycles. The van der Waals surface area contributed by atoms with Gasteiger partial charge in [0.15, 0.2) is 0 Å². The number of hydrogen-bond acceptors (Lipinski definition) is 4. The van der Waals surface area contributed by atoms with Gasteiger partial charge in [-0.05, 0) is 46.3 Å². The van der Waals surface area contributed by atoms with Crippen LogP contribution in [0.1, 0.15) is 5.69 Å². The van der Waals surface area contributed by atoms with Crippen LogP contribution >= 0.6 is 43.6 Å². The molecule has 0 bridgehead atoms. The predicted octanol–water partition coefficient (Wildman–Crippen LogP) is 5.74. The zero-order chi connectivity index (χ0) is 17.6. The van der Waals surface area contributed by atoms with E-state index in [0.717, 1.165) is 25.9 Å². The number of hydrogen-bond donors (Lipinski definition) is 1. The number of thioether (sulfide) groups is 1. The maximum absolute atomic E-state index is 12.1. The minimum absolute atomic E-state index is 0.0557. The predicted molar refractivity (Wildman–Crippen MR) is 109 cm³/mol. The second-order valence-corrected chi connectivity index (χ2v) is 7.93. The molecule has 0 saturated heterocycles. The fourth-order valence-corrected chi connectivity index (χ4v) is 3.96. The molecule has 0 unspecified atom stereocenters. The maximum Gasteiger partial charge on any atom is 0.234 e. The third-order valence-electron chi connectivity index (χ3n) is 3.26. The zero-order valence-electron chi connectivity index (χ0n) is 13.0. The monoisotopic (exact) mass is 480 g/mol. The van der Waals surface area contributed by atoms with Crippen LogP contribution in [0, 0.1) is 0 Å². The van der Waals surface area contributed by atoms with Gasteiger partial charge >= 0.3 is 0 Å². The van der Waals surface area contributed by atoms with E-state index in [0.29, 0.717) is 17.4 Å². The summed E-state index contributed by atoms with van der Waals surface area (Å²) in [5, 5.41) is 2.88. The number of carbonyl (C=O) groups is 1. The van der Waals surface area contributed by atoms with Gasteiger partial charge in [0.2, 0.25) is 11.8 Å². The molecule has 0 aliphatic carbocycles. The number of benzene rings is 2. The summed E-state index contributed by atoms with van der Waals surface area (Å²) in [6.07, 6.45) is 1.64. The fraction of sp³-hybridized carbons (Fsp3) is 0.111. The molecule has 1 amide bonds. The van der Waals surface area contributed by atoms with E-state index in [1.54, 1.807) is 6.26 Å². The molecule has 0 saturated carbocycles. The minimum Gasteiger partial charge on any atom is -0.444 e. The van der Waals surface area contributed by atoms with Gasteiger partial charge in [0.05, 0.1) is 17.1 Å². The van der Waals surface area contributed by atoms with Gasteiger partial charge in [-0.3, -0.25) is 4.79 Å². The lowest BCUT2D eigenvalue weighted by Gasteiger charge is -2.07. The smallest absolute Gasteiger partial charge is 0.234 e. The van der Waals surface area contributed by atoms with Gasteiger partial charge in [-0.1, -0.05) is 34.1 Å². The van der Waals surface area contributed by atoms with E-state index in [9.17, 15) is 4.79 Å². The van der Waals surface area contributed by atoms with Crippen LogP contribution in [0.25, 0.3) is 11.5 Å². The van der Waals surface area contributed by atoms with Crippen molar-refractivity contribution in [3.05, 3.63) is 69.4 Å². The van der Waals surface area contributed by atoms with E-state index in [2.05, 4.69) is 42.2 Å². The van der Waals surface area contributed by atoms with Gasteiger partial charge in [-0.15, -0.1) is 11.8 Å². The van der Waals surface area contributed by atoms with Crippen molar-refractivity contribution in [3.8, 4) is 11.5 Å². The molecule has 1 N–H and O–H groups in total. The SMILES string of the molecule is O=C(CSCc1coc(-c2ccccc2)n1)Nc1ccc(Br)cc1Br. The Morgan fingerprint density at radius 1 is 1.16 bits per heavy atom. The number of amides is 1. The largest absolute Gasteiger partial charge is 0.444 e. The summed E-state index contributed by atoms with van der Waals surface area (Å²) in [4.78, 5) is 16.5. The lowest BCUT2D eigenvalue weighted by atomic mass is 10.2. The summed E-state index contributed by atoms with van der Waals surface area (Å²) in [6, 6.07) is 15.4. The molecular weight excluding hydrogens is 468 g/mol. The van der Waals surface area contributed by atoms with E-state index >= 15 is 0 Å². The standard InChI is InChI=1S/C18H14Br2N2O2S/c19-13-6-7-16(15(20)8-13)22-17(23)11-25-10-14-9-24-18(21-14)12-4-2-1-3-5-12/h1-9H,10-11H2,(H,22,23). The third-order valence-corrected chi connectivity index (χ3v) is 5.38. The Morgan fingerprint density at radius 2 is 1.96 bits per heavy atom. The van der Waals surface area contributed by atoms with Crippen molar-refractivity contribution in [2.24, 2.45) is 0 Å². The highest BCUT2D eigenvalue weighted by molar-refractivity contribution is 9.11. The molecule has 25 heavy (non-hydrogen) atoms. The fourth-order valence-electron chi connectivity index (χ4n) is 2.11. The molecule has 1 heterocycles. The van der Waals surface area contributed by atoms with Gasteiger partial charge in [0.25, 0.3) is 0 Å². The number of nitrogens with one attached hydrogen (secondary N) is 1. The van der Waals surface area contributed by atoms with Gasteiger partial charge < -0.3 is 9.73 Å². The molecule has 0 spiro atoms. The first-order chi connectivity index (χ1) is 12.1. The van der Waals surface area contributed by atoms with Crippen LogP contribution in [0.4, 0.5) is 5.69 Å². The molecule has 0 atom stereocenters. The summed E-state index contributed by atoms with van der Waals surface area (Å²) < 4.78 is 7.28. The first kappa shape index (κ1) is 18.2. The topological polar surface area (TPSA) is 55.1 Å². The maximum atomic E-state index is 12.1. The number of halogens is 2. The zero-order valence-corrected chi connectivity index (χ0v) is 17.0. The number of oxazole rings is 1. The van der Waals surface area contributed by atoms with E-state index in [1.807, 2.05) is 48.5 Å². The van der Waals surface area contributed by atoms with E-state index in [4.69, 9.17) is 4.42 Å². The quantitative estimate of drug-likeness (QED) is 0.487. The first-order valence-corrected chi connectivity index (χ1v) is 10.2. The second kappa shape index (κ2) is 8.69. The molecule has 128 valence electrons. The molecule has 4 nitrogen and oxygen atoms in total. The summed E-state index contributed by atoms with van der Waals surface area (Å²) >= 11 is 8.31. The Labute approximate surface area is 166 Å². The number of carbonyl (C=O) groups excluding carboxylic acids is 1. The van der Waals surface area contributed by atoms with E-state index in [1.165, 1.54) is 11.8 Å². The summed E-state index contributed by atoms with van der Waals surface area (Å²) in [5.41, 5.74) is 2.51. The molecule has 3 rings (SSSR count). The highest BCUT2D eigenvalue weighted by Gasteiger charge is 2.09. The summed E-state index contributed by atoms with van der Waals surface area (Å²) in [6.45, 7) is 0. The average Bonchev–Trinajstić information content (AvgIpc) is 3.07. The molecule has 0 aliphatic rings. The number of aromatic nitrogens is 1. The van der Waals surface area contributed by atoms with Crippen LogP contribution in [-0.2, 0) is 10.5 Å². The Balaban J connectivity index is 1.49. The van der Waals surface area contributed by atoms with Crippen molar-refractivity contribution in [1.29, 1.82) is 0 Å². The minimum atomic E-state index is -0.0557. The highest BCUT2D eigenvalue weighted by atomic mass is 79.9. The molecule has 0 radical (unpaired) electrons. The van der Waals surface area contributed by atoms with Crippen LogP contribution in [0.5, 0.6) is 0 Å². The molecular formula is C18H14Br2N2O2S.